The van der Waals surface area contributed by atoms with E-state index in [-0.39, 0.29) is 11.8 Å². The number of carbonyl (C=O) groups is 2. The van der Waals surface area contributed by atoms with E-state index in [2.05, 4.69) is 18.7 Å². The monoisotopic (exact) mass is 385 g/mol. The smallest absolute Gasteiger partial charge is 0.253 e. The molecule has 2 unspecified atom stereocenters. The third-order valence-corrected chi connectivity index (χ3v) is 6.18. The first-order chi connectivity index (χ1) is 13.5. The average molecular weight is 386 g/mol. The third kappa shape index (κ3) is 4.17. The maximum Gasteiger partial charge on any atom is 0.253 e. The number of likely N-dealkylation sites (tertiary alicyclic amines) is 1. The first-order valence-corrected chi connectivity index (χ1v) is 10.5. The first-order valence-electron chi connectivity index (χ1n) is 10.5. The van der Waals surface area contributed by atoms with E-state index in [9.17, 15) is 9.59 Å². The Balaban J connectivity index is 1.28. The molecule has 0 N–H and O–H groups in total. The van der Waals surface area contributed by atoms with Gasteiger partial charge < -0.3 is 14.5 Å². The van der Waals surface area contributed by atoms with Crippen molar-refractivity contribution in [1.29, 1.82) is 0 Å². The number of nitrogens with zero attached hydrogens (tertiary/aromatic N) is 3. The van der Waals surface area contributed by atoms with E-state index >= 15 is 0 Å². The van der Waals surface area contributed by atoms with Gasteiger partial charge in [-0.05, 0) is 42.0 Å². The van der Waals surface area contributed by atoms with Crippen LogP contribution in [0.1, 0.15) is 36.2 Å². The number of amides is 2. The lowest BCUT2D eigenvalue weighted by Crippen LogP contribution is -2.53. The highest BCUT2D eigenvalue weighted by Gasteiger charge is 2.28. The number of ether oxygens (including phenoxy) is 1. The Morgan fingerprint density at radius 2 is 1.75 bits per heavy atom. The second kappa shape index (κ2) is 8.11. The molecule has 0 bridgehead atoms. The van der Waals surface area contributed by atoms with Crippen molar-refractivity contribution in [3.8, 4) is 5.75 Å². The van der Waals surface area contributed by atoms with Crippen LogP contribution in [-0.4, -0.2) is 78.9 Å². The van der Waals surface area contributed by atoms with Gasteiger partial charge in [-0.3, -0.25) is 14.5 Å². The van der Waals surface area contributed by atoms with Gasteiger partial charge in [-0.15, -0.1) is 0 Å². The average Bonchev–Trinajstić information content (AvgIpc) is 3.15. The summed E-state index contributed by atoms with van der Waals surface area (Å²) < 4.78 is 5.53. The molecule has 152 valence electrons. The Morgan fingerprint density at radius 3 is 2.46 bits per heavy atom. The number of rotatable bonds is 3. The third-order valence-electron chi connectivity index (χ3n) is 6.18. The van der Waals surface area contributed by atoms with E-state index in [1.54, 1.807) is 0 Å². The quantitative estimate of drug-likeness (QED) is 0.797. The fraction of sp³-hybridized carbons (Fsp3) is 0.636. The fourth-order valence-corrected chi connectivity index (χ4v) is 4.77. The highest BCUT2D eigenvalue weighted by atomic mass is 16.5. The van der Waals surface area contributed by atoms with Crippen LogP contribution in [0.25, 0.3) is 0 Å². The van der Waals surface area contributed by atoms with Crippen molar-refractivity contribution in [3.05, 3.63) is 29.3 Å². The molecule has 3 aliphatic heterocycles. The zero-order valence-electron chi connectivity index (χ0n) is 17.0. The Hall–Kier alpha value is -2.08. The predicted octanol–water partition coefficient (Wildman–Crippen LogP) is 1.88. The standard InChI is InChI=1S/C22H31N3O3/c1-16-11-17(2)14-25(13-16)21(26)15-23-6-8-24(9-7-23)22(27)19-3-4-20-18(12-19)5-10-28-20/h3-4,12,16-17H,5-11,13-15H2,1-2H3. The molecular formula is C22H31N3O3. The van der Waals surface area contributed by atoms with Crippen molar-refractivity contribution in [2.75, 3.05) is 52.4 Å². The summed E-state index contributed by atoms with van der Waals surface area (Å²) in [6.07, 6.45) is 2.08. The van der Waals surface area contributed by atoms with Gasteiger partial charge in [0.2, 0.25) is 5.91 Å². The van der Waals surface area contributed by atoms with Crippen molar-refractivity contribution in [2.45, 2.75) is 26.7 Å². The first kappa shape index (κ1) is 19.2. The summed E-state index contributed by atoms with van der Waals surface area (Å²) in [5.41, 5.74) is 1.87. The van der Waals surface area contributed by atoms with E-state index in [0.29, 0.717) is 38.1 Å². The lowest BCUT2D eigenvalue weighted by molar-refractivity contribution is -0.135. The summed E-state index contributed by atoms with van der Waals surface area (Å²) in [5.74, 6) is 2.39. The van der Waals surface area contributed by atoms with Gasteiger partial charge in [-0.2, -0.15) is 0 Å². The molecule has 28 heavy (non-hydrogen) atoms. The molecule has 0 aliphatic carbocycles. The fourth-order valence-electron chi connectivity index (χ4n) is 4.77. The number of benzene rings is 1. The summed E-state index contributed by atoms with van der Waals surface area (Å²) in [4.78, 5) is 31.7. The zero-order chi connectivity index (χ0) is 19.7. The Morgan fingerprint density at radius 1 is 1.04 bits per heavy atom. The van der Waals surface area contributed by atoms with E-state index in [1.165, 1.54) is 6.42 Å². The topological polar surface area (TPSA) is 53.1 Å². The Bertz CT molecular complexity index is 733. The van der Waals surface area contributed by atoms with Gasteiger partial charge in [-0.25, -0.2) is 0 Å². The summed E-state index contributed by atoms with van der Waals surface area (Å²) in [7, 11) is 0. The van der Waals surface area contributed by atoms with Gasteiger partial charge in [0.25, 0.3) is 5.91 Å². The number of fused-ring (bicyclic) bond motifs is 1. The van der Waals surface area contributed by atoms with Crippen molar-refractivity contribution < 1.29 is 14.3 Å². The molecule has 0 aromatic heterocycles. The van der Waals surface area contributed by atoms with Crippen LogP contribution in [0.2, 0.25) is 0 Å². The van der Waals surface area contributed by atoms with Crippen molar-refractivity contribution >= 4 is 11.8 Å². The van der Waals surface area contributed by atoms with Crippen LogP contribution in [0, 0.1) is 11.8 Å². The van der Waals surface area contributed by atoms with Gasteiger partial charge >= 0.3 is 0 Å². The maximum absolute atomic E-state index is 12.8. The summed E-state index contributed by atoms with van der Waals surface area (Å²) >= 11 is 0. The van der Waals surface area contributed by atoms with Crippen LogP contribution >= 0.6 is 0 Å². The van der Waals surface area contributed by atoms with E-state index in [4.69, 9.17) is 4.74 Å². The van der Waals surface area contributed by atoms with Gasteiger partial charge in [0.1, 0.15) is 5.75 Å². The molecule has 4 rings (SSSR count). The minimum atomic E-state index is 0.0827. The molecule has 6 heteroatoms. The number of hydrogen-bond donors (Lipinski definition) is 0. The molecule has 3 aliphatic rings. The molecule has 2 fully saturated rings. The summed E-state index contributed by atoms with van der Waals surface area (Å²) in [5, 5.41) is 0. The summed E-state index contributed by atoms with van der Waals surface area (Å²) in [6, 6.07) is 5.74. The van der Waals surface area contributed by atoms with Crippen LogP contribution < -0.4 is 4.74 Å². The largest absolute Gasteiger partial charge is 0.493 e. The molecule has 6 nitrogen and oxygen atoms in total. The minimum Gasteiger partial charge on any atom is -0.493 e. The van der Waals surface area contributed by atoms with Gasteiger partial charge in [0, 0.05) is 51.3 Å². The number of carbonyl (C=O) groups excluding carboxylic acids is 2. The van der Waals surface area contributed by atoms with E-state index < -0.39 is 0 Å². The lowest BCUT2D eigenvalue weighted by atomic mass is 9.92. The van der Waals surface area contributed by atoms with Gasteiger partial charge in [-0.1, -0.05) is 13.8 Å². The second-order valence-corrected chi connectivity index (χ2v) is 8.73. The van der Waals surface area contributed by atoms with Crippen LogP contribution in [0.3, 0.4) is 0 Å². The van der Waals surface area contributed by atoms with E-state index in [1.807, 2.05) is 28.0 Å². The molecule has 0 radical (unpaired) electrons. The molecule has 1 aromatic carbocycles. The molecule has 2 atom stereocenters. The minimum absolute atomic E-state index is 0.0827. The molecule has 2 saturated heterocycles. The molecule has 0 spiro atoms. The van der Waals surface area contributed by atoms with Crippen LogP contribution in [0.15, 0.2) is 18.2 Å². The molecule has 0 saturated carbocycles. The molecule has 1 aromatic rings. The zero-order valence-corrected chi connectivity index (χ0v) is 17.0. The van der Waals surface area contributed by atoms with E-state index in [0.717, 1.165) is 49.5 Å². The Labute approximate surface area is 167 Å². The molecule has 2 amide bonds. The van der Waals surface area contributed by atoms with Crippen LogP contribution in [-0.2, 0) is 11.2 Å². The maximum atomic E-state index is 12.8. The van der Waals surface area contributed by atoms with Crippen molar-refractivity contribution in [3.63, 3.8) is 0 Å². The van der Waals surface area contributed by atoms with Crippen LogP contribution in [0.4, 0.5) is 0 Å². The van der Waals surface area contributed by atoms with Gasteiger partial charge in [0.05, 0.1) is 13.2 Å². The van der Waals surface area contributed by atoms with Crippen molar-refractivity contribution in [2.24, 2.45) is 11.8 Å². The molecular weight excluding hydrogens is 354 g/mol. The predicted molar refractivity (Wildman–Crippen MR) is 108 cm³/mol. The van der Waals surface area contributed by atoms with Crippen molar-refractivity contribution in [1.82, 2.24) is 14.7 Å². The highest BCUT2D eigenvalue weighted by molar-refractivity contribution is 5.94. The van der Waals surface area contributed by atoms with Gasteiger partial charge in [0.15, 0.2) is 0 Å². The Kier molecular flexibility index (Phi) is 5.58. The molecule has 3 heterocycles. The number of piperidine rings is 1. The number of hydrogen-bond acceptors (Lipinski definition) is 4. The van der Waals surface area contributed by atoms with Crippen LogP contribution in [0.5, 0.6) is 5.75 Å². The SMILES string of the molecule is CC1CC(C)CN(C(=O)CN2CCN(C(=O)c3ccc4c(c3)CCO4)CC2)C1. The second-order valence-electron chi connectivity index (χ2n) is 8.73. The number of piperazine rings is 1. The highest BCUT2D eigenvalue weighted by Crippen LogP contribution is 2.26. The lowest BCUT2D eigenvalue weighted by Gasteiger charge is -2.38. The normalized spacial score (nSPS) is 25.4. The summed E-state index contributed by atoms with van der Waals surface area (Å²) in [6.45, 7) is 10.2.